The van der Waals surface area contributed by atoms with Crippen LogP contribution < -0.4 is 15.8 Å². The van der Waals surface area contributed by atoms with E-state index in [0.717, 1.165) is 11.3 Å². The van der Waals surface area contributed by atoms with Crippen molar-refractivity contribution in [2.75, 3.05) is 10.3 Å². The third-order valence-corrected chi connectivity index (χ3v) is 4.40. The molecule has 3 aromatic rings. The molecule has 0 aliphatic carbocycles. The minimum atomic E-state index is -0.372. The van der Waals surface area contributed by atoms with E-state index < -0.39 is 0 Å². The normalized spacial score (nSPS) is 10.2. The van der Waals surface area contributed by atoms with E-state index in [-0.39, 0.29) is 6.03 Å². The van der Waals surface area contributed by atoms with Crippen molar-refractivity contribution in [3.63, 3.8) is 0 Å². The van der Waals surface area contributed by atoms with E-state index >= 15 is 0 Å². The van der Waals surface area contributed by atoms with Gasteiger partial charge in [0.15, 0.2) is 0 Å². The number of halogens is 2. The lowest BCUT2D eigenvalue weighted by Gasteiger charge is -2.25. The molecule has 6 heteroatoms. The summed E-state index contributed by atoms with van der Waals surface area (Å²) in [5, 5.41) is 5.36. The molecular weight excluding hydrogens is 369 g/mol. The number of hydrazine groups is 1. The zero-order valence-corrected chi connectivity index (χ0v) is 15.3. The van der Waals surface area contributed by atoms with E-state index in [0.29, 0.717) is 22.3 Å². The largest absolute Gasteiger partial charge is 0.338 e. The Hall–Kier alpha value is -2.69. The average molecular weight is 386 g/mol. The van der Waals surface area contributed by atoms with Gasteiger partial charge >= 0.3 is 6.03 Å². The van der Waals surface area contributed by atoms with Crippen LogP contribution in [0.4, 0.5) is 16.2 Å². The van der Waals surface area contributed by atoms with E-state index in [2.05, 4.69) is 10.7 Å². The molecule has 0 heterocycles. The molecule has 0 spiro atoms. The molecule has 0 atom stereocenters. The Balaban J connectivity index is 1.74. The maximum absolute atomic E-state index is 12.4. The minimum Gasteiger partial charge on any atom is -0.307 e. The molecule has 3 rings (SSSR count). The fraction of sp³-hybridized carbons (Fsp3) is 0.0500. The van der Waals surface area contributed by atoms with Crippen LogP contribution in [0.25, 0.3) is 0 Å². The van der Waals surface area contributed by atoms with Crippen molar-refractivity contribution in [3.05, 3.63) is 94.5 Å². The monoisotopic (exact) mass is 385 g/mol. The predicted molar refractivity (Wildman–Crippen MR) is 108 cm³/mol. The van der Waals surface area contributed by atoms with Gasteiger partial charge in [-0.25, -0.2) is 10.2 Å². The lowest BCUT2D eigenvalue weighted by molar-refractivity contribution is 0.251. The molecule has 0 bridgehead atoms. The van der Waals surface area contributed by atoms with Crippen LogP contribution in [0.2, 0.25) is 10.0 Å². The second kappa shape index (κ2) is 8.61. The summed E-state index contributed by atoms with van der Waals surface area (Å²) in [7, 11) is 0. The zero-order chi connectivity index (χ0) is 18.4. The van der Waals surface area contributed by atoms with Gasteiger partial charge in [-0.15, -0.1) is 0 Å². The first-order valence-electron chi connectivity index (χ1n) is 8.01. The van der Waals surface area contributed by atoms with Crippen LogP contribution in [-0.4, -0.2) is 6.03 Å². The summed E-state index contributed by atoms with van der Waals surface area (Å²) in [5.41, 5.74) is 5.38. The molecular formula is C20H17Cl2N3O. The summed E-state index contributed by atoms with van der Waals surface area (Å²) in [6.45, 7) is 0.527. The Morgan fingerprint density at radius 1 is 0.846 bits per heavy atom. The summed E-state index contributed by atoms with van der Waals surface area (Å²) >= 11 is 11.9. The molecule has 0 aliphatic rings. The molecule has 0 aliphatic heterocycles. The van der Waals surface area contributed by atoms with Gasteiger partial charge in [0.2, 0.25) is 0 Å². The second-order valence-electron chi connectivity index (χ2n) is 5.60. The number of carbonyl (C=O) groups excluding carboxylic acids is 1. The van der Waals surface area contributed by atoms with Crippen LogP contribution in [0.1, 0.15) is 5.56 Å². The number of para-hydroxylation sites is 1. The van der Waals surface area contributed by atoms with Gasteiger partial charge in [0.25, 0.3) is 0 Å². The predicted octanol–water partition coefficient (Wildman–Crippen LogP) is 5.74. The number of amides is 2. The maximum Gasteiger partial charge on any atom is 0.338 e. The van der Waals surface area contributed by atoms with Gasteiger partial charge in [-0.3, -0.25) is 5.01 Å². The number of benzene rings is 3. The third kappa shape index (κ3) is 4.91. The van der Waals surface area contributed by atoms with Gasteiger partial charge in [-0.05, 0) is 35.9 Å². The van der Waals surface area contributed by atoms with Crippen molar-refractivity contribution in [1.82, 2.24) is 5.43 Å². The number of hydrogen-bond donors (Lipinski definition) is 2. The number of urea groups is 1. The Morgan fingerprint density at radius 3 is 2.15 bits per heavy atom. The molecule has 0 fully saturated rings. The topological polar surface area (TPSA) is 44.4 Å². The Kier molecular flexibility index (Phi) is 6.00. The molecule has 26 heavy (non-hydrogen) atoms. The van der Waals surface area contributed by atoms with Crippen molar-refractivity contribution >= 4 is 40.6 Å². The van der Waals surface area contributed by atoms with Crippen LogP contribution in [0.5, 0.6) is 0 Å². The maximum atomic E-state index is 12.4. The van der Waals surface area contributed by atoms with Gasteiger partial charge in [0.05, 0.1) is 22.3 Å². The summed E-state index contributed by atoms with van der Waals surface area (Å²) in [5.74, 6) is 0. The van der Waals surface area contributed by atoms with Crippen LogP contribution in [-0.2, 0) is 6.54 Å². The number of nitrogens with one attached hydrogen (secondary N) is 2. The first kappa shape index (κ1) is 18.1. The Morgan fingerprint density at radius 2 is 1.50 bits per heavy atom. The van der Waals surface area contributed by atoms with Crippen molar-refractivity contribution in [2.24, 2.45) is 0 Å². The van der Waals surface area contributed by atoms with E-state index in [1.54, 1.807) is 23.2 Å². The minimum absolute atomic E-state index is 0.372. The Bertz CT molecular complexity index is 873. The van der Waals surface area contributed by atoms with Gasteiger partial charge in [-0.1, -0.05) is 71.7 Å². The van der Waals surface area contributed by atoms with E-state index in [9.17, 15) is 4.79 Å². The quantitative estimate of drug-likeness (QED) is 0.550. The molecule has 4 nitrogen and oxygen atoms in total. The van der Waals surface area contributed by atoms with Crippen molar-refractivity contribution in [1.29, 1.82) is 0 Å². The van der Waals surface area contributed by atoms with Gasteiger partial charge < -0.3 is 5.32 Å². The van der Waals surface area contributed by atoms with Crippen molar-refractivity contribution in [3.8, 4) is 0 Å². The molecule has 2 N–H and O–H groups in total. The summed E-state index contributed by atoms with van der Waals surface area (Å²) in [4.78, 5) is 12.4. The molecule has 0 saturated heterocycles. The number of carbonyl (C=O) groups is 1. The highest BCUT2D eigenvalue weighted by Crippen LogP contribution is 2.25. The number of anilines is 2. The fourth-order valence-electron chi connectivity index (χ4n) is 2.42. The number of nitrogens with zero attached hydrogens (tertiary/aromatic N) is 1. The first-order valence-corrected chi connectivity index (χ1v) is 8.76. The summed E-state index contributed by atoms with van der Waals surface area (Å²) < 4.78 is 0. The molecule has 2 amide bonds. The lowest BCUT2D eigenvalue weighted by atomic mass is 10.2. The molecule has 0 aromatic heterocycles. The van der Waals surface area contributed by atoms with Crippen LogP contribution in [0.15, 0.2) is 78.9 Å². The third-order valence-electron chi connectivity index (χ3n) is 3.67. The van der Waals surface area contributed by atoms with E-state index in [1.165, 1.54) is 0 Å². The summed E-state index contributed by atoms with van der Waals surface area (Å²) in [6, 6.07) is 24.1. The molecule has 0 unspecified atom stereocenters. The highest BCUT2D eigenvalue weighted by atomic mass is 35.5. The van der Waals surface area contributed by atoms with Crippen LogP contribution in [0, 0.1) is 0 Å². The van der Waals surface area contributed by atoms with Crippen LogP contribution >= 0.6 is 23.2 Å². The van der Waals surface area contributed by atoms with Crippen LogP contribution in [0.3, 0.4) is 0 Å². The molecule has 132 valence electrons. The molecule has 0 saturated carbocycles. The lowest BCUT2D eigenvalue weighted by Crippen LogP contribution is -2.44. The Labute approximate surface area is 162 Å². The first-order chi connectivity index (χ1) is 12.6. The average Bonchev–Trinajstić information content (AvgIpc) is 2.66. The van der Waals surface area contributed by atoms with E-state index in [4.69, 9.17) is 23.2 Å². The molecule has 0 radical (unpaired) electrons. The zero-order valence-electron chi connectivity index (χ0n) is 13.8. The summed E-state index contributed by atoms with van der Waals surface area (Å²) in [6.07, 6.45) is 0. The number of rotatable bonds is 5. The van der Waals surface area contributed by atoms with Gasteiger partial charge in [0, 0.05) is 5.69 Å². The number of hydrogen-bond acceptors (Lipinski definition) is 2. The fourth-order valence-corrected chi connectivity index (χ4v) is 2.72. The SMILES string of the molecule is O=C(Nc1ccc(Cl)c(Cl)c1)NN(Cc1ccccc1)c1ccccc1. The van der Waals surface area contributed by atoms with Gasteiger partial charge in [-0.2, -0.15) is 0 Å². The smallest absolute Gasteiger partial charge is 0.307 e. The van der Waals surface area contributed by atoms with E-state index in [1.807, 2.05) is 60.7 Å². The highest BCUT2D eigenvalue weighted by Gasteiger charge is 2.11. The highest BCUT2D eigenvalue weighted by molar-refractivity contribution is 6.42. The standard InChI is InChI=1S/C20H17Cl2N3O/c21-18-12-11-16(13-19(18)22)23-20(26)24-25(17-9-5-2-6-10-17)14-15-7-3-1-4-8-15/h1-13H,14H2,(H2,23,24,26). The van der Waals surface area contributed by atoms with Crippen molar-refractivity contribution in [2.45, 2.75) is 6.54 Å². The molecule has 3 aromatic carbocycles. The second-order valence-corrected chi connectivity index (χ2v) is 6.42. The van der Waals surface area contributed by atoms with Crippen molar-refractivity contribution < 1.29 is 4.79 Å². The van der Waals surface area contributed by atoms with Gasteiger partial charge in [0.1, 0.15) is 0 Å².